The summed E-state index contributed by atoms with van der Waals surface area (Å²) in [6, 6.07) is 5.00. The van der Waals surface area contributed by atoms with Gasteiger partial charge in [-0.2, -0.15) is 0 Å². The molecule has 0 aliphatic carbocycles. The van der Waals surface area contributed by atoms with Crippen LogP contribution in [0.4, 0.5) is 13.2 Å². The van der Waals surface area contributed by atoms with Crippen molar-refractivity contribution < 1.29 is 23.4 Å². The van der Waals surface area contributed by atoms with Crippen molar-refractivity contribution >= 4 is 63.7 Å². The highest BCUT2D eigenvalue weighted by Crippen LogP contribution is 2.46. The van der Waals surface area contributed by atoms with E-state index in [4.69, 9.17) is 0 Å². The Balaban J connectivity index is 2.82. The smallest absolute Gasteiger partial charge is 0.254 e. The summed E-state index contributed by atoms with van der Waals surface area (Å²) in [7, 11) is 0. The van der Waals surface area contributed by atoms with E-state index in [0.29, 0.717) is 0 Å². The number of hydrogen-bond donors (Lipinski definition) is 2. The SMILES string of the molecule is Oc1c(Br)cc(C(CF)(c2cc(Br)c(O)c(Br)c2)C(F)F)cc1Br. The minimum Gasteiger partial charge on any atom is -0.506 e. The molecule has 2 N–H and O–H groups in total. The van der Waals surface area contributed by atoms with E-state index in [1.54, 1.807) is 0 Å². The lowest BCUT2D eigenvalue weighted by Gasteiger charge is -2.32. The molecule has 0 fully saturated rings. The van der Waals surface area contributed by atoms with Crippen LogP contribution in [0, 0.1) is 0 Å². The summed E-state index contributed by atoms with van der Waals surface area (Å²) in [5, 5.41) is 19.6. The number of benzene rings is 2. The molecule has 2 rings (SSSR count). The van der Waals surface area contributed by atoms with E-state index in [-0.39, 0.29) is 40.5 Å². The van der Waals surface area contributed by atoms with Crippen molar-refractivity contribution in [3.05, 3.63) is 53.3 Å². The first-order valence-corrected chi connectivity index (χ1v) is 9.53. The second kappa shape index (κ2) is 7.55. The number of hydrogen-bond acceptors (Lipinski definition) is 2. The topological polar surface area (TPSA) is 40.5 Å². The maximum absolute atomic E-state index is 14.0. The fraction of sp³-hybridized carbons (Fsp3) is 0.200. The normalized spacial score (nSPS) is 12.0. The van der Waals surface area contributed by atoms with Crippen LogP contribution < -0.4 is 0 Å². The summed E-state index contributed by atoms with van der Waals surface area (Å²) in [6.45, 7) is -1.38. The van der Waals surface area contributed by atoms with Crippen molar-refractivity contribution in [1.29, 1.82) is 0 Å². The molecular weight excluding hydrogens is 589 g/mol. The monoisotopic (exact) mass is 594 g/mol. The molecule has 0 unspecified atom stereocenters. The van der Waals surface area contributed by atoms with Crippen molar-refractivity contribution in [1.82, 2.24) is 0 Å². The Morgan fingerprint density at radius 1 is 0.792 bits per heavy atom. The molecule has 0 aliphatic rings. The van der Waals surface area contributed by atoms with Crippen molar-refractivity contribution in [3.8, 4) is 11.5 Å². The molecule has 2 nitrogen and oxygen atoms in total. The standard InChI is InChI=1S/C15H9Br4F3O2/c16-8-1-6(2-9(17)12(8)23)15(5-20,14(21)22)7-3-10(18)13(24)11(19)4-7/h1-4,14,23-24H,5H2. The largest absolute Gasteiger partial charge is 0.506 e. The van der Waals surface area contributed by atoms with Gasteiger partial charge in [-0.3, -0.25) is 0 Å². The lowest BCUT2D eigenvalue weighted by molar-refractivity contribution is 0.0560. The lowest BCUT2D eigenvalue weighted by Crippen LogP contribution is -2.38. The van der Waals surface area contributed by atoms with Crippen molar-refractivity contribution in [2.75, 3.05) is 6.67 Å². The molecule has 0 heterocycles. The Morgan fingerprint density at radius 2 is 1.08 bits per heavy atom. The minimum absolute atomic E-state index is 0.0268. The van der Waals surface area contributed by atoms with Crippen LogP contribution in [0.1, 0.15) is 11.1 Å². The molecule has 0 atom stereocenters. The molecule has 9 heteroatoms. The minimum atomic E-state index is -3.07. The molecule has 0 saturated carbocycles. The second-order valence-electron chi connectivity index (χ2n) is 4.98. The second-order valence-corrected chi connectivity index (χ2v) is 8.40. The Bertz CT molecular complexity index is 680. The maximum atomic E-state index is 14.0. The molecule has 0 spiro atoms. The van der Waals surface area contributed by atoms with Crippen LogP contribution in [0.15, 0.2) is 42.2 Å². The zero-order chi connectivity index (χ0) is 18.2. The van der Waals surface area contributed by atoms with Crippen LogP contribution in [0.5, 0.6) is 11.5 Å². The third kappa shape index (κ3) is 3.37. The Hall–Kier alpha value is -0.250. The van der Waals surface area contributed by atoms with E-state index in [2.05, 4.69) is 63.7 Å². The van der Waals surface area contributed by atoms with Gasteiger partial charge in [-0.1, -0.05) is 0 Å². The van der Waals surface area contributed by atoms with Gasteiger partial charge in [0.1, 0.15) is 23.6 Å². The number of phenolic OH excluding ortho intramolecular Hbond substituents is 2. The Morgan fingerprint density at radius 3 is 1.29 bits per heavy atom. The van der Waals surface area contributed by atoms with Crippen LogP contribution in [0.25, 0.3) is 0 Å². The molecule has 0 saturated heterocycles. The van der Waals surface area contributed by atoms with Gasteiger partial charge in [0.25, 0.3) is 6.43 Å². The highest BCUT2D eigenvalue weighted by molar-refractivity contribution is 9.11. The summed E-state index contributed by atoms with van der Waals surface area (Å²) in [5.74, 6) is -0.345. The third-order valence-corrected chi connectivity index (χ3v) is 6.07. The van der Waals surface area contributed by atoms with Crippen LogP contribution in [-0.4, -0.2) is 23.3 Å². The predicted octanol–water partition coefficient (Wildman–Crippen LogP) is 6.67. The Labute approximate surface area is 169 Å². The van der Waals surface area contributed by atoms with Gasteiger partial charge in [-0.25, -0.2) is 13.2 Å². The first-order valence-electron chi connectivity index (χ1n) is 6.36. The molecule has 0 amide bonds. The van der Waals surface area contributed by atoms with E-state index in [0.717, 1.165) is 0 Å². The zero-order valence-corrected chi connectivity index (χ0v) is 18.0. The van der Waals surface area contributed by atoms with Crippen molar-refractivity contribution in [2.24, 2.45) is 0 Å². The average molecular weight is 598 g/mol. The molecule has 2 aromatic rings. The maximum Gasteiger partial charge on any atom is 0.254 e. The molecule has 2 aromatic carbocycles. The fourth-order valence-electron chi connectivity index (χ4n) is 2.28. The van der Waals surface area contributed by atoms with E-state index >= 15 is 0 Å². The zero-order valence-electron chi connectivity index (χ0n) is 11.6. The molecule has 0 aliphatic heterocycles. The Kier molecular flexibility index (Phi) is 6.31. The van der Waals surface area contributed by atoms with Crippen LogP contribution in [0.3, 0.4) is 0 Å². The molecular formula is C15H9Br4F3O2. The summed E-state index contributed by atoms with van der Waals surface area (Å²) in [5.41, 5.74) is -2.32. The van der Waals surface area contributed by atoms with E-state index < -0.39 is 18.5 Å². The van der Waals surface area contributed by atoms with Crippen LogP contribution in [0.2, 0.25) is 0 Å². The molecule has 0 aromatic heterocycles. The number of halogens is 7. The fourth-order valence-corrected chi connectivity index (χ4v) is 4.65. The number of rotatable bonds is 4. The van der Waals surface area contributed by atoms with Crippen LogP contribution in [-0.2, 0) is 5.41 Å². The first kappa shape index (κ1) is 20.1. The predicted molar refractivity (Wildman–Crippen MR) is 99.8 cm³/mol. The van der Waals surface area contributed by atoms with E-state index in [9.17, 15) is 23.4 Å². The molecule has 0 radical (unpaired) electrons. The summed E-state index contributed by atoms with van der Waals surface area (Å²) >= 11 is 12.3. The first-order chi connectivity index (χ1) is 11.1. The van der Waals surface area contributed by atoms with Gasteiger partial charge < -0.3 is 10.2 Å². The highest BCUT2D eigenvalue weighted by atomic mass is 79.9. The van der Waals surface area contributed by atoms with Gasteiger partial charge in [-0.05, 0) is 99.1 Å². The van der Waals surface area contributed by atoms with E-state index in [1.807, 2.05) is 0 Å². The van der Waals surface area contributed by atoms with Gasteiger partial charge in [0.05, 0.1) is 17.9 Å². The van der Waals surface area contributed by atoms with Gasteiger partial charge in [0, 0.05) is 0 Å². The lowest BCUT2D eigenvalue weighted by atomic mass is 9.75. The number of alkyl halides is 3. The molecule has 130 valence electrons. The van der Waals surface area contributed by atoms with Crippen molar-refractivity contribution in [3.63, 3.8) is 0 Å². The quantitative estimate of drug-likeness (QED) is 0.414. The van der Waals surface area contributed by atoms with E-state index in [1.165, 1.54) is 24.3 Å². The summed E-state index contributed by atoms with van der Waals surface area (Å²) in [4.78, 5) is 0. The van der Waals surface area contributed by atoms with Gasteiger partial charge in [-0.15, -0.1) is 0 Å². The highest BCUT2D eigenvalue weighted by Gasteiger charge is 2.45. The van der Waals surface area contributed by atoms with Gasteiger partial charge in [0.15, 0.2) is 0 Å². The summed E-state index contributed by atoms with van der Waals surface area (Å²) in [6.07, 6.45) is -3.07. The number of aromatic hydroxyl groups is 2. The van der Waals surface area contributed by atoms with Gasteiger partial charge >= 0.3 is 0 Å². The summed E-state index contributed by atoms with van der Waals surface area (Å²) < 4.78 is 42.7. The molecule has 0 bridgehead atoms. The van der Waals surface area contributed by atoms with Gasteiger partial charge in [0.2, 0.25) is 0 Å². The van der Waals surface area contributed by atoms with Crippen LogP contribution >= 0.6 is 63.7 Å². The number of phenols is 2. The van der Waals surface area contributed by atoms with Crippen molar-refractivity contribution in [2.45, 2.75) is 11.8 Å². The molecule has 24 heavy (non-hydrogen) atoms. The average Bonchev–Trinajstić information content (AvgIpc) is 2.51. The third-order valence-electron chi connectivity index (χ3n) is 3.65.